The highest BCUT2D eigenvalue weighted by atomic mass is 127. The molecule has 182 valence electrons. The number of ether oxygens (including phenoxy) is 3. The van der Waals surface area contributed by atoms with Gasteiger partial charge in [-0.2, -0.15) is 0 Å². The van der Waals surface area contributed by atoms with Gasteiger partial charge in [-0.1, -0.05) is 26.0 Å². The summed E-state index contributed by atoms with van der Waals surface area (Å²) in [6.07, 6.45) is 2.25. The molecule has 2 aliphatic rings. The van der Waals surface area contributed by atoms with Crippen molar-refractivity contribution in [2.45, 2.75) is 52.3 Å². The van der Waals surface area contributed by atoms with Crippen LogP contribution in [0.1, 0.15) is 37.8 Å². The second kappa shape index (κ2) is 14.2. The van der Waals surface area contributed by atoms with E-state index in [0.717, 1.165) is 69.6 Å². The van der Waals surface area contributed by atoms with Gasteiger partial charge >= 0.3 is 0 Å². The Balaban J connectivity index is 0.00000363. The zero-order valence-electron chi connectivity index (χ0n) is 20.1. The molecule has 32 heavy (non-hydrogen) atoms. The molecule has 0 amide bonds. The molecule has 3 rings (SSSR count). The molecule has 2 heterocycles. The maximum Gasteiger partial charge on any atom is 0.191 e. The van der Waals surface area contributed by atoms with Gasteiger partial charge in [0.25, 0.3) is 0 Å². The highest BCUT2D eigenvalue weighted by Crippen LogP contribution is 2.23. The summed E-state index contributed by atoms with van der Waals surface area (Å²) in [6, 6.07) is 6.85. The smallest absolute Gasteiger partial charge is 0.191 e. The van der Waals surface area contributed by atoms with Crippen molar-refractivity contribution in [2.24, 2.45) is 10.9 Å². The van der Waals surface area contributed by atoms with Crippen molar-refractivity contribution in [1.29, 1.82) is 0 Å². The van der Waals surface area contributed by atoms with E-state index in [1.54, 1.807) is 0 Å². The first kappa shape index (κ1) is 27.1. The lowest BCUT2D eigenvalue weighted by molar-refractivity contribution is 0.0132. The van der Waals surface area contributed by atoms with Gasteiger partial charge in [0, 0.05) is 51.3 Å². The normalized spacial score (nSPS) is 20.7. The van der Waals surface area contributed by atoms with E-state index in [1.165, 1.54) is 5.56 Å². The second-order valence-electron chi connectivity index (χ2n) is 8.95. The van der Waals surface area contributed by atoms with E-state index in [4.69, 9.17) is 14.2 Å². The SMILES string of the molecule is CN=C(NCc1ccc(C)cc1OC1CCOC1)NCC(CC(C)C)N1CCOCC1.I. The predicted octanol–water partition coefficient (Wildman–Crippen LogP) is 3.19. The van der Waals surface area contributed by atoms with Crippen LogP contribution in [0.15, 0.2) is 23.2 Å². The third kappa shape index (κ3) is 8.68. The summed E-state index contributed by atoms with van der Waals surface area (Å²) in [5.74, 6) is 2.40. The van der Waals surface area contributed by atoms with Crippen LogP contribution in [0.3, 0.4) is 0 Å². The lowest BCUT2D eigenvalue weighted by Crippen LogP contribution is -2.51. The zero-order chi connectivity index (χ0) is 22.1. The lowest BCUT2D eigenvalue weighted by Gasteiger charge is -2.35. The molecule has 0 bridgehead atoms. The molecule has 0 radical (unpaired) electrons. The molecule has 1 aromatic carbocycles. The molecule has 2 atom stereocenters. The molecule has 8 heteroatoms. The van der Waals surface area contributed by atoms with Crippen LogP contribution in [-0.4, -0.2) is 76.1 Å². The molecular weight excluding hydrogens is 519 g/mol. The minimum Gasteiger partial charge on any atom is -0.488 e. The Hall–Kier alpha value is -1.10. The van der Waals surface area contributed by atoms with Crippen LogP contribution in [0.4, 0.5) is 0 Å². The fraction of sp³-hybridized carbons (Fsp3) is 0.708. The Labute approximate surface area is 210 Å². The van der Waals surface area contributed by atoms with Crippen LogP contribution in [0.5, 0.6) is 5.75 Å². The molecule has 2 saturated heterocycles. The number of nitrogens with one attached hydrogen (secondary N) is 2. The number of rotatable bonds is 9. The van der Waals surface area contributed by atoms with Gasteiger partial charge in [0.1, 0.15) is 11.9 Å². The van der Waals surface area contributed by atoms with Gasteiger partial charge in [-0.05, 0) is 30.9 Å². The van der Waals surface area contributed by atoms with Crippen molar-refractivity contribution >= 4 is 29.9 Å². The van der Waals surface area contributed by atoms with E-state index < -0.39 is 0 Å². The van der Waals surface area contributed by atoms with E-state index in [2.05, 4.69) is 59.5 Å². The van der Waals surface area contributed by atoms with Gasteiger partial charge in [0.2, 0.25) is 0 Å². The number of guanidine groups is 1. The topological polar surface area (TPSA) is 67.4 Å². The van der Waals surface area contributed by atoms with Crippen LogP contribution >= 0.6 is 24.0 Å². The number of halogens is 1. The average molecular weight is 561 g/mol. The number of aliphatic imine (C=N–C) groups is 1. The van der Waals surface area contributed by atoms with Gasteiger partial charge in [-0.15, -0.1) is 24.0 Å². The summed E-state index contributed by atoms with van der Waals surface area (Å²) in [4.78, 5) is 6.98. The maximum absolute atomic E-state index is 6.23. The van der Waals surface area contributed by atoms with Gasteiger partial charge in [0.05, 0.1) is 26.4 Å². The molecule has 7 nitrogen and oxygen atoms in total. The second-order valence-corrected chi connectivity index (χ2v) is 8.95. The standard InChI is InChI=1S/C24H40N4O3.HI/c1-18(2)13-21(28-8-11-29-12-9-28)16-27-24(25-4)26-15-20-6-5-19(3)14-23(20)31-22-7-10-30-17-22;/h5-6,14,18,21-22H,7-13,15-17H2,1-4H3,(H2,25,26,27);1H. The summed E-state index contributed by atoms with van der Waals surface area (Å²) in [5, 5.41) is 7.01. The number of benzene rings is 1. The minimum atomic E-state index is 0. The average Bonchev–Trinajstić information content (AvgIpc) is 3.27. The predicted molar refractivity (Wildman–Crippen MR) is 140 cm³/mol. The number of hydrogen-bond acceptors (Lipinski definition) is 5. The van der Waals surface area contributed by atoms with Crippen molar-refractivity contribution in [2.75, 3.05) is 53.1 Å². The summed E-state index contributed by atoms with van der Waals surface area (Å²) >= 11 is 0. The van der Waals surface area contributed by atoms with E-state index in [1.807, 2.05) is 7.05 Å². The Kier molecular flexibility index (Phi) is 12.1. The number of hydrogen-bond donors (Lipinski definition) is 2. The van der Waals surface area contributed by atoms with Crippen LogP contribution < -0.4 is 15.4 Å². The van der Waals surface area contributed by atoms with E-state index in [-0.39, 0.29) is 30.1 Å². The van der Waals surface area contributed by atoms with E-state index in [0.29, 0.717) is 25.1 Å². The third-order valence-electron chi connectivity index (χ3n) is 5.88. The quantitative estimate of drug-likeness (QED) is 0.275. The molecule has 2 N–H and O–H groups in total. The lowest BCUT2D eigenvalue weighted by atomic mass is 10.0. The Morgan fingerprint density at radius 2 is 1.97 bits per heavy atom. The van der Waals surface area contributed by atoms with Gasteiger partial charge in [0.15, 0.2) is 5.96 Å². The minimum absolute atomic E-state index is 0. The van der Waals surface area contributed by atoms with Crippen molar-refractivity contribution in [1.82, 2.24) is 15.5 Å². The van der Waals surface area contributed by atoms with E-state index >= 15 is 0 Å². The molecule has 0 saturated carbocycles. The highest BCUT2D eigenvalue weighted by molar-refractivity contribution is 14.0. The van der Waals surface area contributed by atoms with Crippen molar-refractivity contribution in [3.63, 3.8) is 0 Å². The zero-order valence-corrected chi connectivity index (χ0v) is 22.4. The Morgan fingerprint density at radius 3 is 2.62 bits per heavy atom. The van der Waals surface area contributed by atoms with Crippen molar-refractivity contribution < 1.29 is 14.2 Å². The first-order valence-electron chi connectivity index (χ1n) is 11.7. The summed E-state index contributed by atoms with van der Waals surface area (Å²) in [5.41, 5.74) is 2.33. The van der Waals surface area contributed by atoms with Crippen LogP contribution in [-0.2, 0) is 16.0 Å². The molecule has 2 aliphatic heterocycles. The molecule has 0 spiro atoms. The molecule has 0 aliphatic carbocycles. The van der Waals surface area contributed by atoms with Gasteiger partial charge < -0.3 is 24.8 Å². The monoisotopic (exact) mass is 560 g/mol. The van der Waals surface area contributed by atoms with Gasteiger partial charge in [-0.3, -0.25) is 9.89 Å². The summed E-state index contributed by atoms with van der Waals surface area (Å²) in [7, 11) is 1.82. The van der Waals surface area contributed by atoms with E-state index in [9.17, 15) is 0 Å². The molecule has 2 fully saturated rings. The first-order valence-corrected chi connectivity index (χ1v) is 11.7. The van der Waals surface area contributed by atoms with Crippen molar-refractivity contribution in [3.8, 4) is 5.75 Å². The fourth-order valence-corrected chi connectivity index (χ4v) is 4.17. The third-order valence-corrected chi connectivity index (χ3v) is 5.88. The van der Waals surface area contributed by atoms with Gasteiger partial charge in [-0.25, -0.2) is 0 Å². The Morgan fingerprint density at radius 1 is 1.19 bits per heavy atom. The molecule has 2 unspecified atom stereocenters. The van der Waals surface area contributed by atoms with Crippen LogP contribution in [0.2, 0.25) is 0 Å². The number of morpholine rings is 1. The largest absolute Gasteiger partial charge is 0.488 e. The molecule has 1 aromatic rings. The molecular formula is C24H41IN4O3. The van der Waals surface area contributed by atoms with Crippen LogP contribution in [0, 0.1) is 12.8 Å². The summed E-state index contributed by atoms with van der Waals surface area (Å²) in [6.45, 7) is 13.3. The van der Waals surface area contributed by atoms with Crippen LogP contribution in [0.25, 0.3) is 0 Å². The Bertz CT molecular complexity index is 704. The highest BCUT2D eigenvalue weighted by Gasteiger charge is 2.22. The maximum atomic E-state index is 6.23. The molecule has 0 aromatic heterocycles. The first-order chi connectivity index (χ1) is 15.0. The summed E-state index contributed by atoms with van der Waals surface area (Å²) < 4.78 is 17.2. The number of aryl methyl sites for hydroxylation is 1. The van der Waals surface area contributed by atoms with Crippen molar-refractivity contribution in [3.05, 3.63) is 29.3 Å². The number of nitrogens with zero attached hydrogens (tertiary/aromatic N) is 2. The fourth-order valence-electron chi connectivity index (χ4n) is 4.17.